The van der Waals surface area contributed by atoms with Crippen LogP contribution >= 0.6 is 0 Å². The van der Waals surface area contributed by atoms with Crippen LogP contribution in [0.15, 0.2) is 11.6 Å². The Morgan fingerprint density at radius 1 is 0.882 bits per heavy atom. The first-order valence-corrected chi connectivity index (χ1v) is 13.9. The number of rotatable bonds is 1. The minimum absolute atomic E-state index is 0.00785. The second-order valence-corrected chi connectivity index (χ2v) is 15.2. The van der Waals surface area contributed by atoms with Crippen molar-refractivity contribution in [3.05, 3.63) is 11.6 Å². The van der Waals surface area contributed by atoms with Gasteiger partial charge in [-0.15, -0.1) is 0 Å². The maximum atomic E-state index is 12.8. The molecule has 0 unspecified atom stereocenters. The summed E-state index contributed by atoms with van der Waals surface area (Å²) >= 11 is 0. The zero-order valence-corrected chi connectivity index (χ0v) is 22.6. The molecule has 0 aromatic carbocycles. The summed E-state index contributed by atoms with van der Waals surface area (Å²) in [7, 11) is 0. The number of carbonyl (C=O) groups is 1. The van der Waals surface area contributed by atoms with Crippen molar-refractivity contribution in [3.63, 3.8) is 0 Å². The minimum atomic E-state index is -0.679. The van der Waals surface area contributed by atoms with Crippen LogP contribution in [0.3, 0.4) is 0 Å². The first kappa shape index (κ1) is 24.8. The smallest absolute Gasteiger partial charge is 0.310 e. The lowest BCUT2D eigenvalue weighted by molar-refractivity contribution is -0.231. The van der Waals surface area contributed by atoms with Gasteiger partial charge < -0.3 is 15.3 Å². The van der Waals surface area contributed by atoms with Crippen LogP contribution in [0.1, 0.15) is 106 Å². The van der Waals surface area contributed by atoms with E-state index in [0.717, 1.165) is 51.4 Å². The van der Waals surface area contributed by atoms with Crippen LogP contribution in [0.25, 0.3) is 0 Å². The van der Waals surface area contributed by atoms with E-state index in [1.165, 1.54) is 5.57 Å². The number of aliphatic hydroxyl groups is 2. The van der Waals surface area contributed by atoms with Gasteiger partial charge in [0.05, 0.1) is 17.6 Å². The van der Waals surface area contributed by atoms with Crippen molar-refractivity contribution >= 4 is 5.97 Å². The van der Waals surface area contributed by atoms with E-state index in [-0.39, 0.29) is 33.0 Å². The number of aliphatic hydroxyl groups excluding tert-OH is 2. The monoisotopic (exact) mass is 472 g/mol. The number of allylic oxidation sites excluding steroid dienone is 2. The molecule has 5 rings (SSSR count). The molecule has 0 radical (unpaired) electrons. The predicted octanol–water partition coefficient (Wildman–Crippen LogP) is 6.20. The molecule has 4 fully saturated rings. The third kappa shape index (κ3) is 2.88. The summed E-state index contributed by atoms with van der Waals surface area (Å²) in [6.07, 6.45) is 9.45. The maximum Gasteiger partial charge on any atom is 0.310 e. The Bertz CT molecular complexity index is 919. The van der Waals surface area contributed by atoms with Gasteiger partial charge >= 0.3 is 5.97 Å². The van der Waals surface area contributed by atoms with Crippen LogP contribution in [-0.4, -0.2) is 33.5 Å². The molecule has 3 N–H and O–H groups in total. The molecule has 4 heteroatoms. The van der Waals surface area contributed by atoms with Crippen LogP contribution in [-0.2, 0) is 4.79 Å². The fraction of sp³-hybridized carbons (Fsp3) is 0.900. The molecular formula is C30H48O4. The maximum absolute atomic E-state index is 12.8. The van der Waals surface area contributed by atoms with Crippen LogP contribution in [0, 0.1) is 50.2 Å². The SMILES string of the molecule is CC1(C)CC[C@]2(C(=O)O)CC[C@]3(C)C(=CC[C@@H]4[C@@]5(C)C[C@H](O)[C@H](O)C(C)(C)[C@H]5CC[C@]43C)[C@H]2C1. The van der Waals surface area contributed by atoms with Gasteiger partial charge in [-0.05, 0) is 103 Å². The van der Waals surface area contributed by atoms with E-state index in [9.17, 15) is 20.1 Å². The van der Waals surface area contributed by atoms with E-state index in [4.69, 9.17) is 0 Å². The van der Waals surface area contributed by atoms with Crippen molar-refractivity contribution in [3.8, 4) is 0 Å². The number of carboxylic acid groups (broad SMARTS) is 1. The average molecular weight is 473 g/mol. The van der Waals surface area contributed by atoms with Gasteiger partial charge in [-0.3, -0.25) is 4.79 Å². The molecule has 0 aromatic heterocycles. The molecule has 34 heavy (non-hydrogen) atoms. The number of fused-ring (bicyclic) bond motifs is 7. The van der Waals surface area contributed by atoms with Crippen LogP contribution in [0.5, 0.6) is 0 Å². The van der Waals surface area contributed by atoms with Crippen molar-refractivity contribution < 1.29 is 20.1 Å². The normalized spacial score (nSPS) is 53.4. The van der Waals surface area contributed by atoms with Gasteiger partial charge in [0.25, 0.3) is 0 Å². The van der Waals surface area contributed by atoms with Gasteiger partial charge in [0.1, 0.15) is 0 Å². The highest BCUT2D eigenvalue weighted by Gasteiger charge is 2.70. The fourth-order valence-electron chi connectivity index (χ4n) is 10.8. The van der Waals surface area contributed by atoms with E-state index in [1.54, 1.807) is 0 Å². The highest BCUT2D eigenvalue weighted by molar-refractivity contribution is 5.76. The zero-order valence-electron chi connectivity index (χ0n) is 22.6. The first-order valence-electron chi connectivity index (χ1n) is 13.9. The lowest BCUT2D eigenvalue weighted by Gasteiger charge is -2.71. The second kappa shape index (κ2) is 7.12. The van der Waals surface area contributed by atoms with Gasteiger partial charge in [0.15, 0.2) is 0 Å². The molecule has 0 aliphatic heterocycles. The number of hydrogen-bond acceptors (Lipinski definition) is 3. The third-order valence-electron chi connectivity index (χ3n) is 13.0. The largest absolute Gasteiger partial charge is 0.481 e. The fourth-order valence-corrected chi connectivity index (χ4v) is 10.8. The lowest BCUT2D eigenvalue weighted by Crippen LogP contribution is -2.67. The summed E-state index contributed by atoms with van der Waals surface area (Å²) in [6.45, 7) is 16.3. The molecule has 4 saturated carbocycles. The third-order valence-corrected chi connectivity index (χ3v) is 13.0. The lowest BCUT2D eigenvalue weighted by atomic mass is 9.33. The molecule has 0 aromatic rings. The molecule has 0 saturated heterocycles. The first-order chi connectivity index (χ1) is 15.6. The Labute approximate surface area is 206 Å². The van der Waals surface area contributed by atoms with Gasteiger partial charge in [0, 0.05) is 0 Å². The summed E-state index contributed by atoms with van der Waals surface area (Å²) in [5, 5.41) is 32.4. The molecule has 0 heterocycles. The van der Waals surface area contributed by atoms with E-state index < -0.39 is 23.6 Å². The Balaban J connectivity index is 1.61. The number of aliphatic carboxylic acids is 1. The van der Waals surface area contributed by atoms with Gasteiger partial charge in [0.2, 0.25) is 0 Å². The van der Waals surface area contributed by atoms with Crippen molar-refractivity contribution in [2.75, 3.05) is 0 Å². The van der Waals surface area contributed by atoms with Crippen LogP contribution < -0.4 is 0 Å². The molecule has 4 nitrogen and oxygen atoms in total. The van der Waals surface area contributed by atoms with E-state index >= 15 is 0 Å². The van der Waals surface area contributed by atoms with Gasteiger partial charge in [-0.1, -0.05) is 60.1 Å². The summed E-state index contributed by atoms with van der Waals surface area (Å²) in [5.74, 6) is 0.365. The number of hydrogen-bond donors (Lipinski definition) is 3. The predicted molar refractivity (Wildman–Crippen MR) is 134 cm³/mol. The minimum Gasteiger partial charge on any atom is -0.481 e. The Morgan fingerprint density at radius 2 is 1.53 bits per heavy atom. The summed E-state index contributed by atoms with van der Waals surface area (Å²) in [4.78, 5) is 12.8. The molecule has 0 amide bonds. The Hall–Kier alpha value is -0.870. The topological polar surface area (TPSA) is 77.8 Å². The Kier molecular flexibility index (Phi) is 5.20. The number of carboxylic acids is 1. The van der Waals surface area contributed by atoms with E-state index in [0.29, 0.717) is 18.3 Å². The second-order valence-electron chi connectivity index (χ2n) is 15.2. The van der Waals surface area contributed by atoms with Crippen LogP contribution in [0.2, 0.25) is 0 Å². The van der Waals surface area contributed by atoms with Gasteiger partial charge in [-0.2, -0.15) is 0 Å². The van der Waals surface area contributed by atoms with Crippen molar-refractivity contribution in [2.24, 2.45) is 50.2 Å². The standard InChI is InChI=1S/C30H48O4/c1-25(2)12-14-30(24(33)34)15-13-28(6)18(19(30)16-25)8-9-22-27(5)17-20(31)23(32)26(3,4)21(27)10-11-29(22,28)7/h8,19-23,31-32H,9-17H2,1-7H3,(H,33,34)/t19-,20+,21-,22-,23+,27+,28-,29-,30+/m1/s1. The van der Waals surface area contributed by atoms with Gasteiger partial charge in [-0.25, -0.2) is 0 Å². The Morgan fingerprint density at radius 3 is 2.18 bits per heavy atom. The molecule has 5 aliphatic carbocycles. The molecule has 5 aliphatic rings. The van der Waals surface area contributed by atoms with Crippen molar-refractivity contribution in [1.82, 2.24) is 0 Å². The molecule has 0 spiro atoms. The summed E-state index contributed by atoms with van der Waals surface area (Å²) < 4.78 is 0. The van der Waals surface area contributed by atoms with Crippen molar-refractivity contribution in [1.29, 1.82) is 0 Å². The molecule has 9 atom stereocenters. The van der Waals surface area contributed by atoms with E-state index in [1.807, 2.05) is 0 Å². The molecule has 192 valence electrons. The quantitative estimate of drug-likeness (QED) is 0.397. The zero-order chi connectivity index (χ0) is 25.1. The summed E-state index contributed by atoms with van der Waals surface area (Å²) in [6, 6.07) is 0. The van der Waals surface area contributed by atoms with Crippen molar-refractivity contribution in [2.45, 2.75) is 118 Å². The molecular weight excluding hydrogens is 424 g/mol. The highest BCUT2D eigenvalue weighted by Crippen LogP contribution is 2.75. The summed E-state index contributed by atoms with van der Waals surface area (Å²) in [5.41, 5.74) is 0.754. The van der Waals surface area contributed by atoms with Crippen LogP contribution in [0.4, 0.5) is 0 Å². The molecule has 0 bridgehead atoms. The van der Waals surface area contributed by atoms with E-state index in [2.05, 4.69) is 54.5 Å². The highest BCUT2D eigenvalue weighted by atomic mass is 16.4. The average Bonchev–Trinajstić information content (AvgIpc) is 2.72.